The van der Waals surface area contributed by atoms with E-state index in [1.165, 1.54) is 52.7 Å². The summed E-state index contributed by atoms with van der Waals surface area (Å²) in [5.41, 5.74) is 0.464. The van der Waals surface area contributed by atoms with E-state index in [4.69, 9.17) is 18.9 Å². The molecule has 2 rings (SSSR count). The zero-order chi connectivity index (χ0) is 23.9. The SMILES string of the molecule is COc1ccc(NC(=O)/C=C/c2cc(OC)c(OC)c(OC)c2)cc1NC(=O)C(F)(F)F. The first-order chi connectivity index (χ1) is 15.1. The Bertz CT molecular complexity index is 996. The number of anilines is 2. The number of benzene rings is 2. The van der Waals surface area contributed by atoms with Crippen LogP contribution in [0, 0.1) is 0 Å². The predicted octanol–water partition coefficient (Wildman–Crippen LogP) is 3.87. The number of carbonyl (C=O) groups excluding carboxylic acids is 2. The number of halogens is 3. The smallest absolute Gasteiger partial charge is 0.471 e. The second kappa shape index (κ2) is 10.4. The van der Waals surface area contributed by atoms with Crippen LogP contribution in [0.25, 0.3) is 6.08 Å². The maximum absolute atomic E-state index is 12.5. The van der Waals surface area contributed by atoms with E-state index in [0.29, 0.717) is 22.8 Å². The van der Waals surface area contributed by atoms with E-state index in [0.717, 1.165) is 6.07 Å². The van der Waals surface area contributed by atoms with E-state index >= 15 is 0 Å². The number of nitrogens with one attached hydrogen (secondary N) is 2. The average molecular weight is 454 g/mol. The maximum Gasteiger partial charge on any atom is 0.471 e. The van der Waals surface area contributed by atoms with Crippen LogP contribution < -0.4 is 29.6 Å². The first-order valence-corrected chi connectivity index (χ1v) is 8.98. The molecule has 2 amide bonds. The molecule has 11 heteroatoms. The van der Waals surface area contributed by atoms with Gasteiger partial charge in [-0.15, -0.1) is 0 Å². The molecule has 0 aliphatic rings. The minimum absolute atomic E-state index is 0.00596. The van der Waals surface area contributed by atoms with E-state index in [9.17, 15) is 22.8 Å². The summed E-state index contributed by atoms with van der Waals surface area (Å²) in [4.78, 5) is 23.5. The number of hydrogen-bond donors (Lipinski definition) is 2. The highest BCUT2D eigenvalue weighted by Gasteiger charge is 2.39. The second-order valence-corrected chi connectivity index (χ2v) is 6.15. The van der Waals surface area contributed by atoms with Gasteiger partial charge >= 0.3 is 12.1 Å². The van der Waals surface area contributed by atoms with E-state index in [1.54, 1.807) is 17.4 Å². The molecule has 0 atom stereocenters. The van der Waals surface area contributed by atoms with Crippen molar-refractivity contribution >= 4 is 29.3 Å². The van der Waals surface area contributed by atoms with Gasteiger partial charge in [0.05, 0.1) is 34.1 Å². The molecule has 0 saturated carbocycles. The van der Waals surface area contributed by atoms with Gasteiger partial charge in [-0.05, 0) is 42.0 Å². The molecule has 0 unspecified atom stereocenters. The molecule has 0 saturated heterocycles. The van der Waals surface area contributed by atoms with Gasteiger partial charge in [-0.25, -0.2) is 0 Å². The Balaban J connectivity index is 2.20. The van der Waals surface area contributed by atoms with Crippen LogP contribution in [0.2, 0.25) is 0 Å². The molecule has 2 aromatic rings. The molecule has 32 heavy (non-hydrogen) atoms. The summed E-state index contributed by atoms with van der Waals surface area (Å²) in [5, 5.41) is 4.21. The van der Waals surface area contributed by atoms with Gasteiger partial charge in [0.1, 0.15) is 5.75 Å². The van der Waals surface area contributed by atoms with Gasteiger partial charge in [0, 0.05) is 11.8 Å². The van der Waals surface area contributed by atoms with Gasteiger partial charge in [0.15, 0.2) is 11.5 Å². The molecule has 0 aliphatic heterocycles. The van der Waals surface area contributed by atoms with E-state index in [1.807, 2.05) is 0 Å². The molecule has 0 radical (unpaired) electrons. The zero-order valence-corrected chi connectivity index (χ0v) is 17.6. The highest BCUT2D eigenvalue weighted by atomic mass is 19.4. The molecule has 172 valence electrons. The number of methoxy groups -OCH3 is 4. The molecule has 2 N–H and O–H groups in total. The third-order valence-electron chi connectivity index (χ3n) is 4.09. The number of amides is 2. The van der Waals surface area contributed by atoms with Gasteiger partial charge in [-0.3, -0.25) is 9.59 Å². The third kappa shape index (κ3) is 6.06. The molecule has 0 aromatic heterocycles. The topological polar surface area (TPSA) is 95.1 Å². The van der Waals surface area contributed by atoms with Crippen molar-refractivity contribution in [3.8, 4) is 23.0 Å². The summed E-state index contributed by atoms with van der Waals surface area (Å²) in [6.07, 6.45) is -2.39. The summed E-state index contributed by atoms with van der Waals surface area (Å²) in [7, 11) is 5.60. The summed E-state index contributed by atoms with van der Waals surface area (Å²) in [5.74, 6) is -1.56. The normalized spacial score (nSPS) is 11.1. The monoisotopic (exact) mass is 454 g/mol. The fraction of sp³-hybridized carbons (Fsp3) is 0.238. The molecular formula is C21H21F3N2O6. The standard InChI is InChI=1S/C21H21F3N2O6/c1-29-15-7-6-13(11-14(15)26-20(28)21(22,23)24)25-18(27)8-5-12-9-16(30-2)19(32-4)17(10-12)31-3/h5-11H,1-4H3,(H,25,27)(H,26,28)/b8-5+. The quantitative estimate of drug-likeness (QED) is 0.588. The van der Waals surface area contributed by atoms with Gasteiger partial charge < -0.3 is 29.6 Å². The lowest BCUT2D eigenvalue weighted by Gasteiger charge is -2.13. The lowest BCUT2D eigenvalue weighted by molar-refractivity contribution is -0.167. The van der Waals surface area contributed by atoms with Crippen molar-refractivity contribution in [2.75, 3.05) is 39.1 Å². The number of rotatable bonds is 8. The van der Waals surface area contributed by atoms with Crippen molar-refractivity contribution in [3.63, 3.8) is 0 Å². The Kier molecular flexibility index (Phi) is 7.94. The third-order valence-corrected chi connectivity index (χ3v) is 4.09. The summed E-state index contributed by atoms with van der Waals surface area (Å²) >= 11 is 0. The Morgan fingerprint density at radius 2 is 1.44 bits per heavy atom. The minimum Gasteiger partial charge on any atom is -0.495 e. The number of ether oxygens (including phenoxy) is 4. The van der Waals surface area contributed by atoms with Crippen LogP contribution in [0.3, 0.4) is 0 Å². The van der Waals surface area contributed by atoms with Crippen molar-refractivity contribution in [3.05, 3.63) is 42.0 Å². The van der Waals surface area contributed by atoms with Crippen LogP contribution in [0.1, 0.15) is 5.56 Å². The Morgan fingerprint density at radius 1 is 0.844 bits per heavy atom. The molecule has 8 nitrogen and oxygen atoms in total. The molecule has 2 aromatic carbocycles. The molecule has 0 heterocycles. The first kappa shape index (κ1) is 24.4. The number of carbonyl (C=O) groups is 2. The maximum atomic E-state index is 12.5. The summed E-state index contributed by atoms with van der Waals surface area (Å²) < 4.78 is 58.3. The molecular weight excluding hydrogens is 433 g/mol. The fourth-order valence-electron chi connectivity index (χ4n) is 2.63. The lowest BCUT2D eigenvalue weighted by Crippen LogP contribution is -2.30. The van der Waals surface area contributed by atoms with Crippen LogP contribution in [0.4, 0.5) is 24.5 Å². The highest BCUT2D eigenvalue weighted by molar-refractivity contribution is 6.03. The van der Waals surface area contributed by atoms with Crippen LogP contribution in [-0.2, 0) is 9.59 Å². The second-order valence-electron chi connectivity index (χ2n) is 6.15. The van der Waals surface area contributed by atoms with E-state index in [2.05, 4.69) is 5.32 Å². The minimum atomic E-state index is -5.08. The fourth-order valence-corrected chi connectivity index (χ4v) is 2.63. The van der Waals surface area contributed by atoms with Crippen molar-refractivity contribution in [1.82, 2.24) is 0 Å². The van der Waals surface area contributed by atoms with Gasteiger partial charge in [0.25, 0.3) is 0 Å². The summed E-state index contributed by atoms with van der Waals surface area (Å²) in [6.45, 7) is 0. The lowest BCUT2D eigenvalue weighted by atomic mass is 10.1. The average Bonchev–Trinajstić information content (AvgIpc) is 2.76. The van der Waals surface area contributed by atoms with Crippen LogP contribution in [0.5, 0.6) is 23.0 Å². The highest BCUT2D eigenvalue weighted by Crippen LogP contribution is 2.38. The molecule has 0 spiro atoms. The molecule has 0 aliphatic carbocycles. The van der Waals surface area contributed by atoms with Gasteiger partial charge in [-0.1, -0.05) is 0 Å². The Morgan fingerprint density at radius 3 is 1.94 bits per heavy atom. The van der Waals surface area contributed by atoms with Crippen molar-refractivity contribution < 1.29 is 41.7 Å². The predicted molar refractivity (Wildman–Crippen MR) is 111 cm³/mol. The Labute approximate surface area is 181 Å². The first-order valence-electron chi connectivity index (χ1n) is 8.98. The van der Waals surface area contributed by atoms with Crippen molar-refractivity contribution in [2.45, 2.75) is 6.18 Å². The van der Waals surface area contributed by atoms with Crippen LogP contribution >= 0.6 is 0 Å². The number of alkyl halides is 3. The van der Waals surface area contributed by atoms with Crippen molar-refractivity contribution in [2.24, 2.45) is 0 Å². The van der Waals surface area contributed by atoms with Crippen molar-refractivity contribution in [1.29, 1.82) is 0 Å². The van der Waals surface area contributed by atoms with Crippen LogP contribution in [0.15, 0.2) is 36.4 Å². The van der Waals surface area contributed by atoms with E-state index in [-0.39, 0.29) is 17.1 Å². The Hall–Kier alpha value is -3.89. The van der Waals surface area contributed by atoms with Gasteiger partial charge in [-0.2, -0.15) is 13.2 Å². The van der Waals surface area contributed by atoms with Crippen LogP contribution in [-0.4, -0.2) is 46.4 Å². The molecule has 0 fully saturated rings. The summed E-state index contributed by atoms with van der Waals surface area (Å²) in [6, 6.07) is 7.12. The van der Waals surface area contributed by atoms with Gasteiger partial charge in [0.2, 0.25) is 11.7 Å². The van der Waals surface area contributed by atoms with E-state index < -0.39 is 18.0 Å². The molecule has 0 bridgehead atoms. The number of hydrogen-bond acceptors (Lipinski definition) is 6. The zero-order valence-electron chi connectivity index (χ0n) is 17.6. The largest absolute Gasteiger partial charge is 0.495 e.